The maximum absolute atomic E-state index is 12.8. The smallest absolute Gasteiger partial charge is 0.264 e. The fraction of sp³-hybridized carbons (Fsp3) is 0.727. The summed E-state index contributed by atoms with van der Waals surface area (Å²) in [7, 11) is 0. The van der Waals surface area contributed by atoms with Crippen LogP contribution in [0, 0.1) is 5.92 Å². The molecule has 1 saturated carbocycles. The second-order valence-electron chi connectivity index (χ2n) is 8.88. The Morgan fingerprint density at radius 1 is 0.931 bits per heavy atom. The van der Waals surface area contributed by atoms with Crippen molar-refractivity contribution in [2.24, 2.45) is 5.92 Å². The molecule has 6 nitrogen and oxygen atoms in total. The topological polar surface area (TPSA) is 47.1 Å². The van der Waals surface area contributed by atoms with Gasteiger partial charge in [-0.2, -0.15) is 0 Å². The number of carbonyl (C=O) groups excluding carboxylic acids is 2. The first kappa shape index (κ1) is 20.8. The van der Waals surface area contributed by atoms with Gasteiger partial charge in [0.2, 0.25) is 5.91 Å². The summed E-state index contributed by atoms with van der Waals surface area (Å²) in [4.78, 5) is 34.8. The molecule has 1 aliphatic carbocycles. The minimum Gasteiger partial charge on any atom is -0.338 e. The van der Waals surface area contributed by atoms with Crippen LogP contribution in [0.25, 0.3) is 0 Å². The zero-order valence-corrected chi connectivity index (χ0v) is 18.4. The van der Waals surface area contributed by atoms with E-state index in [0.29, 0.717) is 32.7 Å². The quantitative estimate of drug-likeness (QED) is 0.752. The van der Waals surface area contributed by atoms with Gasteiger partial charge in [0.15, 0.2) is 0 Å². The van der Waals surface area contributed by atoms with E-state index < -0.39 is 0 Å². The molecule has 3 fully saturated rings. The highest BCUT2D eigenvalue weighted by Gasteiger charge is 2.29. The summed E-state index contributed by atoms with van der Waals surface area (Å²) in [6.45, 7) is 9.64. The first-order chi connectivity index (χ1) is 14.1. The van der Waals surface area contributed by atoms with Crippen LogP contribution in [0.3, 0.4) is 0 Å². The minimum absolute atomic E-state index is 0.0975. The molecule has 0 aromatic carbocycles. The van der Waals surface area contributed by atoms with E-state index in [9.17, 15) is 9.59 Å². The molecule has 2 amide bonds. The molecule has 1 aromatic heterocycles. The van der Waals surface area contributed by atoms with Gasteiger partial charge < -0.3 is 9.80 Å². The molecule has 29 heavy (non-hydrogen) atoms. The first-order valence-electron chi connectivity index (χ1n) is 11.2. The lowest BCUT2D eigenvalue weighted by molar-refractivity contribution is -0.134. The molecule has 3 aliphatic rings. The Morgan fingerprint density at radius 2 is 1.59 bits per heavy atom. The molecule has 1 aromatic rings. The molecule has 4 rings (SSSR count). The third-order valence-corrected chi connectivity index (χ3v) is 7.78. The molecular weight excluding hydrogens is 384 g/mol. The number of hydrogen-bond donors (Lipinski definition) is 0. The van der Waals surface area contributed by atoms with Crippen molar-refractivity contribution < 1.29 is 9.59 Å². The van der Waals surface area contributed by atoms with Crippen LogP contribution in [-0.2, 0) is 4.79 Å². The highest BCUT2D eigenvalue weighted by Crippen LogP contribution is 2.27. The zero-order chi connectivity index (χ0) is 20.2. The number of hydrogen-bond acceptors (Lipinski definition) is 5. The predicted molar refractivity (Wildman–Crippen MR) is 116 cm³/mol. The average molecular weight is 419 g/mol. The SMILES string of the molecule is CC1CCC(N2CCN(CC(=O)N3CCN(C(=O)c4cccs4)CC3)CC2)CC1. The van der Waals surface area contributed by atoms with E-state index in [4.69, 9.17) is 0 Å². The van der Waals surface area contributed by atoms with E-state index in [1.165, 1.54) is 37.0 Å². The van der Waals surface area contributed by atoms with Gasteiger partial charge >= 0.3 is 0 Å². The maximum Gasteiger partial charge on any atom is 0.264 e. The highest BCUT2D eigenvalue weighted by atomic mass is 32.1. The first-order valence-corrected chi connectivity index (χ1v) is 12.0. The van der Waals surface area contributed by atoms with Gasteiger partial charge in [0.1, 0.15) is 0 Å². The van der Waals surface area contributed by atoms with Crippen LogP contribution in [-0.4, -0.2) is 96.4 Å². The van der Waals surface area contributed by atoms with Gasteiger partial charge in [-0.15, -0.1) is 11.3 Å². The summed E-state index contributed by atoms with van der Waals surface area (Å²) in [6.07, 6.45) is 5.41. The molecule has 0 spiro atoms. The van der Waals surface area contributed by atoms with E-state index in [2.05, 4.69) is 16.7 Å². The number of thiophene rings is 1. The Hall–Kier alpha value is -1.44. The Balaban J connectivity index is 1.17. The molecule has 2 saturated heterocycles. The molecule has 7 heteroatoms. The van der Waals surface area contributed by atoms with Crippen molar-refractivity contribution in [3.05, 3.63) is 22.4 Å². The number of piperazine rings is 2. The summed E-state index contributed by atoms with van der Waals surface area (Å²) in [6, 6.07) is 4.54. The summed E-state index contributed by atoms with van der Waals surface area (Å²) in [5, 5.41) is 1.93. The number of rotatable bonds is 4. The van der Waals surface area contributed by atoms with Crippen LogP contribution in [0.1, 0.15) is 42.3 Å². The molecule has 3 heterocycles. The van der Waals surface area contributed by atoms with Crippen LogP contribution in [0.2, 0.25) is 0 Å². The second-order valence-corrected chi connectivity index (χ2v) is 9.82. The van der Waals surface area contributed by atoms with Gasteiger partial charge in [-0.25, -0.2) is 0 Å². The van der Waals surface area contributed by atoms with Crippen LogP contribution >= 0.6 is 11.3 Å². The van der Waals surface area contributed by atoms with Gasteiger partial charge in [-0.1, -0.05) is 13.0 Å². The summed E-state index contributed by atoms with van der Waals surface area (Å²) >= 11 is 1.48. The van der Waals surface area contributed by atoms with Gasteiger partial charge in [0.05, 0.1) is 11.4 Å². The number of amides is 2. The zero-order valence-electron chi connectivity index (χ0n) is 17.6. The highest BCUT2D eigenvalue weighted by molar-refractivity contribution is 7.12. The van der Waals surface area contributed by atoms with Gasteiger partial charge in [-0.3, -0.25) is 19.4 Å². The van der Waals surface area contributed by atoms with Crippen molar-refractivity contribution in [1.82, 2.24) is 19.6 Å². The number of nitrogens with zero attached hydrogens (tertiary/aromatic N) is 4. The Morgan fingerprint density at radius 3 is 2.21 bits per heavy atom. The third-order valence-electron chi connectivity index (χ3n) is 6.92. The van der Waals surface area contributed by atoms with Gasteiger partial charge in [0.25, 0.3) is 5.91 Å². The van der Waals surface area contributed by atoms with Crippen molar-refractivity contribution in [2.75, 3.05) is 58.9 Å². The Labute approximate surface area is 178 Å². The molecule has 0 N–H and O–H groups in total. The molecule has 160 valence electrons. The van der Waals surface area contributed by atoms with Gasteiger partial charge in [-0.05, 0) is 43.0 Å². The fourth-order valence-corrected chi connectivity index (χ4v) is 5.59. The summed E-state index contributed by atoms with van der Waals surface area (Å²) in [5.74, 6) is 1.21. The van der Waals surface area contributed by atoms with Crippen LogP contribution in [0.15, 0.2) is 17.5 Å². The molecule has 0 unspecified atom stereocenters. The number of carbonyl (C=O) groups is 2. The lowest BCUT2D eigenvalue weighted by Crippen LogP contribution is -2.55. The van der Waals surface area contributed by atoms with E-state index >= 15 is 0 Å². The monoisotopic (exact) mass is 418 g/mol. The van der Waals surface area contributed by atoms with Crippen molar-refractivity contribution in [3.8, 4) is 0 Å². The van der Waals surface area contributed by atoms with Crippen molar-refractivity contribution >= 4 is 23.2 Å². The van der Waals surface area contributed by atoms with E-state index in [1.54, 1.807) is 0 Å². The molecule has 0 radical (unpaired) electrons. The fourth-order valence-electron chi connectivity index (χ4n) is 4.90. The lowest BCUT2D eigenvalue weighted by atomic mass is 9.86. The van der Waals surface area contributed by atoms with Crippen molar-refractivity contribution in [1.29, 1.82) is 0 Å². The standard InChI is InChI=1S/C22H34N4O2S/c1-18-4-6-19(7-5-18)24-10-8-23(9-11-24)17-21(27)25-12-14-26(15-13-25)22(28)20-3-2-16-29-20/h2-3,16,18-19H,4-15,17H2,1H3. The summed E-state index contributed by atoms with van der Waals surface area (Å²) in [5.41, 5.74) is 0. The molecular formula is C22H34N4O2S. The normalized spacial score (nSPS) is 27.2. The third kappa shape index (κ3) is 5.19. The molecule has 0 atom stereocenters. The maximum atomic E-state index is 12.8. The van der Waals surface area contributed by atoms with Crippen LogP contribution in [0.4, 0.5) is 0 Å². The Kier molecular flexibility index (Phi) is 6.88. The predicted octanol–water partition coefficient (Wildman–Crippen LogP) is 2.23. The van der Waals surface area contributed by atoms with Crippen molar-refractivity contribution in [3.63, 3.8) is 0 Å². The van der Waals surface area contributed by atoms with Gasteiger partial charge in [0, 0.05) is 58.4 Å². The largest absolute Gasteiger partial charge is 0.338 e. The summed E-state index contributed by atoms with van der Waals surface area (Å²) < 4.78 is 0. The Bertz CT molecular complexity index is 671. The molecule has 2 aliphatic heterocycles. The van der Waals surface area contributed by atoms with Crippen LogP contribution < -0.4 is 0 Å². The van der Waals surface area contributed by atoms with E-state index in [-0.39, 0.29) is 11.8 Å². The molecule has 0 bridgehead atoms. The van der Waals surface area contributed by atoms with Crippen LogP contribution in [0.5, 0.6) is 0 Å². The second kappa shape index (κ2) is 9.58. The lowest BCUT2D eigenvalue weighted by Gasteiger charge is -2.42. The van der Waals surface area contributed by atoms with E-state index in [1.807, 2.05) is 27.3 Å². The van der Waals surface area contributed by atoms with Crippen molar-refractivity contribution in [2.45, 2.75) is 38.6 Å². The van der Waals surface area contributed by atoms with E-state index in [0.717, 1.165) is 43.0 Å². The average Bonchev–Trinajstić information content (AvgIpc) is 3.29. The minimum atomic E-state index is 0.0975.